The van der Waals surface area contributed by atoms with E-state index >= 15 is 0 Å². The lowest BCUT2D eigenvalue weighted by Crippen LogP contribution is -2.48. The quantitative estimate of drug-likeness (QED) is 0.243. The van der Waals surface area contributed by atoms with Gasteiger partial charge in [-0.1, -0.05) is 0 Å². The van der Waals surface area contributed by atoms with Crippen LogP contribution in [0.4, 0.5) is 0 Å². The number of hydrogen-bond acceptors (Lipinski definition) is 5. The second-order valence-electron chi connectivity index (χ2n) is 2.58. The summed E-state index contributed by atoms with van der Waals surface area (Å²) in [5.74, 6) is -0.415. The summed E-state index contributed by atoms with van der Waals surface area (Å²) in [7, 11) is 3.66. The predicted molar refractivity (Wildman–Crippen MR) is 42.6 cm³/mol. The number of likely N-dealkylation sites (N-methyl/N-ethyl adjacent to an activating group) is 1. The maximum atomic E-state index is 8.57. The van der Waals surface area contributed by atoms with Crippen molar-refractivity contribution in [3.8, 4) is 0 Å². The van der Waals surface area contributed by atoms with Gasteiger partial charge in [0, 0.05) is 11.9 Å². The SMILES string of the molecule is CN(C)CCN(C(=N)N)N(O)O. The third-order valence-electron chi connectivity index (χ3n) is 1.25. The number of nitrogens with two attached hydrogens (primary N) is 1. The van der Waals surface area contributed by atoms with Crippen LogP contribution < -0.4 is 5.73 Å². The van der Waals surface area contributed by atoms with E-state index in [0.29, 0.717) is 6.54 Å². The first-order valence-corrected chi connectivity index (χ1v) is 3.39. The Balaban J connectivity index is 3.88. The molecule has 0 spiro atoms. The number of nitrogens with zero attached hydrogens (tertiary/aromatic N) is 3. The first kappa shape index (κ1) is 11.1. The molecule has 72 valence electrons. The van der Waals surface area contributed by atoms with E-state index in [4.69, 9.17) is 21.6 Å². The summed E-state index contributed by atoms with van der Waals surface area (Å²) in [5, 5.41) is 24.7. The number of guanidine groups is 1. The zero-order valence-corrected chi connectivity index (χ0v) is 7.23. The average Bonchev–Trinajstić information content (AvgIpc) is 1.84. The molecule has 0 radical (unpaired) electrons. The van der Waals surface area contributed by atoms with E-state index in [2.05, 4.69) is 0 Å². The van der Waals surface area contributed by atoms with Crippen LogP contribution in [0.15, 0.2) is 0 Å². The highest BCUT2D eigenvalue weighted by molar-refractivity contribution is 5.73. The van der Waals surface area contributed by atoms with Gasteiger partial charge in [-0.05, 0) is 14.1 Å². The highest BCUT2D eigenvalue weighted by Gasteiger charge is 2.11. The van der Waals surface area contributed by atoms with Crippen molar-refractivity contribution in [1.82, 2.24) is 15.2 Å². The lowest BCUT2D eigenvalue weighted by molar-refractivity contribution is -0.397. The Morgan fingerprint density at radius 1 is 1.33 bits per heavy atom. The van der Waals surface area contributed by atoms with Crippen LogP contribution in [0.3, 0.4) is 0 Å². The highest BCUT2D eigenvalue weighted by atomic mass is 16.8. The Labute approximate surface area is 71.0 Å². The molecular weight excluding hydrogens is 162 g/mol. The molecule has 0 aliphatic heterocycles. The molecule has 0 saturated heterocycles. The van der Waals surface area contributed by atoms with Gasteiger partial charge in [-0.2, -0.15) is 0 Å². The fraction of sp³-hybridized carbons (Fsp3) is 0.800. The predicted octanol–water partition coefficient (Wildman–Crippen LogP) is -1.26. The summed E-state index contributed by atoms with van der Waals surface area (Å²) in [6, 6.07) is 0. The smallest absolute Gasteiger partial charge is 0.207 e. The zero-order valence-electron chi connectivity index (χ0n) is 7.23. The molecule has 0 bridgehead atoms. The molecule has 0 heterocycles. The van der Waals surface area contributed by atoms with E-state index in [1.54, 1.807) is 0 Å². The summed E-state index contributed by atoms with van der Waals surface area (Å²) < 4.78 is 0. The lowest BCUT2D eigenvalue weighted by atomic mass is 10.5. The fourth-order valence-corrected chi connectivity index (χ4v) is 0.601. The van der Waals surface area contributed by atoms with E-state index in [9.17, 15) is 0 Å². The topological polar surface area (TPSA) is 100 Å². The van der Waals surface area contributed by atoms with Gasteiger partial charge >= 0.3 is 0 Å². The Morgan fingerprint density at radius 3 is 2.08 bits per heavy atom. The van der Waals surface area contributed by atoms with Gasteiger partial charge in [0.2, 0.25) is 5.96 Å². The summed E-state index contributed by atoms with van der Waals surface area (Å²) >= 11 is 0. The van der Waals surface area contributed by atoms with E-state index < -0.39 is 5.96 Å². The van der Waals surface area contributed by atoms with Gasteiger partial charge < -0.3 is 10.6 Å². The lowest BCUT2D eigenvalue weighted by Gasteiger charge is -2.25. The maximum absolute atomic E-state index is 8.57. The van der Waals surface area contributed by atoms with Gasteiger partial charge in [0.05, 0.1) is 6.54 Å². The molecule has 0 saturated carbocycles. The molecule has 0 unspecified atom stereocenters. The van der Waals surface area contributed by atoms with Gasteiger partial charge in [-0.25, -0.2) is 5.01 Å². The van der Waals surface area contributed by atoms with Crippen molar-refractivity contribution in [2.45, 2.75) is 0 Å². The molecule has 0 rings (SSSR count). The van der Waals surface area contributed by atoms with Crippen molar-refractivity contribution in [3.05, 3.63) is 0 Å². The Kier molecular flexibility index (Phi) is 4.52. The molecule has 0 aliphatic carbocycles. The van der Waals surface area contributed by atoms with Crippen LogP contribution in [0.25, 0.3) is 0 Å². The second kappa shape index (κ2) is 4.88. The van der Waals surface area contributed by atoms with Crippen LogP contribution in [0, 0.1) is 5.41 Å². The highest BCUT2D eigenvalue weighted by Crippen LogP contribution is 1.89. The van der Waals surface area contributed by atoms with Crippen molar-refractivity contribution < 1.29 is 10.4 Å². The molecule has 0 aliphatic rings. The van der Waals surface area contributed by atoms with Crippen LogP contribution in [0.1, 0.15) is 0 Å². The van der Waals surface area contributed by atoms with Crippen molar-refractivity contribution in [3.63, 3.8) is 0 Å². The second-order valence-corrected chi connectivity index (χ2v) is 2.58. The van der Waals surface area contributed by atoms with E-state index in [1.165, 1.54) is 0 Å². The van der Waals surface area contributed by atoms with Gasteiger partial charge in [0.25, 0.3) is 0 Å². The molecule has 7 nitrogen and oxygen atoms in total. The number of rotatable bonds is 4. The van der Waals surface area contributed by atoms with E-state index in [0.717, 1.165) is 5.01 Å². The molecule has 0 aromatic carbocycles. The summed E-state index contributed by atoms with van der Waals surface area (Å²) in [4.78, 5) is 1.83. The minimum Gasteiger partial charge on any atom is -0.369 e. The van der Waals surface area contributed by atoms with Crippen LogP contribution >= 0.6 is 0 Å². The summed E-state index contributed by atoms with van der Waals surface area (Å²) in [6.45, 7) is 0.812. The van der Waals surface area contributed by atoms with Crippen molar-refractivity contribution in [2.24, 2.45) is 5.73 Å². The third-order valence-corrected chi connectivity index (χ3v) is 1.25. The first-order chi connectivity index (χ1) is 5.45. The van der Waals surface area contributed by atoms with Crippen molar-refractivity contribution in [1.29, 1.82) is 5.41 Å². The summed E-state index contributed by atoms with van der Waals surface area (Å²) in [5.41, 5.74) is 5.05. The van der Waals surface area contributed by atoms with Gasteiger partial charge in [-0.15, -0.1) is 0 Å². The largest absolute Gasteiger partial charge is 0.369 e. The zero-order chi connectivity index (χ0) is 9.72. The van der Waals surface area contributed by atoms with Gasteiger partial charge in [0.15, 0.2) is 0 Å². The average molecular weight is 177 g/mol. The minimum atomic E-state index is -0.415. The summed E-state index contributed by atoms with van der Waals surface area (Å²) in [6.07, 6.45) is 0. The molecular formula is C5H15N5O2. The monoisotopic (exact) mass is 177 g/mol. The normalized spacial score (nSPS) is 10.8. The maximum Gasteiger partial charge on any atom is 0.207 e. The van der Waals surface area contributed by atoms with Crippen molar-refractivity contribution in [2.75, 3.05) is 27.2 Å². The molecule has 7 heteroatoms. The third kappa shape index (κ3) is 4.09. The van der Waals surface area contributed by atoms with Gasteiger partial charge in [-0.3, -0.25) is 15.8 Å². The number of hydrazine groups is 1. The molecule has 0 aromatic rings. The fourth-order valence-electron chi connectivity index (χ4n) is 0.601. The Bertz CT molecular complexity index is 149. The van der Waals surface area contributed by atoms with Gasteiger partial charge in [0.1, 0.15) is 0 Å². The molecule has 0 fully saturated rings. The van der Waals surface area contributed by atoms with E-state index in [-0.39, 0.29) is 11.9 Å². The number of nitrogens with one attached hydrogen (secondary N) is 1. The van der Waals surface area contributed by atoms with Crippen LogP contribution in [0.5, 0.6) is 0 Å². The Hall–Kier alpha value is -0.890. The Morgan fingerprint density at radius 2 is 1.83 bits per heavy atom. The molecule has 0 atom stereocenters. The molecule has 12 heavy (non-hydrogen) atoms. The number of hydrogen-bond donors (Lipinski definition) is 4. The van der Waals surface area contributed by atoms with Crippen molar-refractivity contribution >= 4 is 5.96 Å². The van der Waals surface area contributed by atoms with Crippen LogP contribution in [-0.4, -0.2) is 58.8 Å². The molecule has 0 aromatic heterocycles. The molecule has 5 N–H and O–H groups in total. The van der Waals surface area contributed by atoms with Crippen LogP contribution in [-0.2, 0) is 0 Å². The minimum absolute atomic E-state index is 0.189. The van der Waals surface area contributed by atoms with E-state index in [1.807, 2.05) is 19.0 Å². The molecule has 0 amide bonds. The van der Waals surface area contributed by atoms with Crippen LogP contribution in [0.2, 0.25) is 0 Å². The standard InChI is InChI=1S/C5H15N5O2/c1-8(2)3-4-9(5(6)7)10(11)12/h11-12H,3-4H2,1-2H3,(H3,6,7). The first-order valence-electron chi connectivity index (χ1n) is 3.39.